The Morgan fingerprint density at radius 2 is 1.26 bits per heavy atom. The van der Waals surface area contributed by atoms with Gasteiger partial charge in [-0.1, -0.05) is 41.9 Å². The summed E-state index contributed by atoms with van der Waals surface area (Å²) in [6.45, 7) is 2.87. The van der Waals surface area contributed by atoms with E-state index < -0.39 is 30.0 Å². The molecule has 0 N–H and O–H groups in total. The number of aromatic nitrogens is 3. The van der Waals surface area contributed by atoms with Gasteiger partial charge in [-0.05, 0) is 12.1 Å². The molecule has 0 spiro atoms. The minimum absolute atomic E-state index is 0.00606. The minimum atomic E-state index is -3.76. The molecule has 0 unspecified atom stereocenters. The second-order valence-electron chi connectivity index (χ2n) is 4.54. The lowest BCUT2D eigenvalue weighted by atomic mass is 10.2. The molecule has 7 nitrogen and oxygen atoms in total. The van der Waals surface area contributed by atoms with Crippen LogP contribution in [0, 0.1) is 0 Å². The van der Waals surface area contributed by atoms with E-state index in [1.807, 2.05) is 0 Å². The average molecular weight is 420 g/mol. The van der Waals surface area contributed by atoms with Crippen LogP contribution in [-0.4, -0.2) is 43.3 Å². The Labute approximate surface area is 143 Å². The fourth-order valence-corrected chi connectivity index (χ4v) is 3.34. The molecule has 0 aliphatic heterocycles. The van der Waals surface area contributed by atoms with Crippen molar-refractivity contribution in [3.63, 3.8) is 0 Å². The van der Waals surface area contributed by atoms with Crippen molar-refractivity contribution in [1.82, 2.24) is 15.0 Å². The van der Waals surface area contributed by atoms with Gasteiger partial charge in [0.2, 0.25) is 19.7 Å². The molecular formula is C13H14BrN3O4S2. The molecule has 0 aliphatic carbocycles. The third-order valence-corrected chi connectivity index (χ3v) is 6.54. The van der Waals surface area contributed by atoms with Gasteiger partial charge in [0.05, 0.1) is 11.5 Å². The number of halogens is 1. The van der Waals surface area contributed by atoms with Crippen LogP contribution in [0.2, 0.25) is 0 Å². The normalized spacial score (nSPS) is 12.3. The van der Waals surface area contributed by atoms with Gasteiger partial charge in [-0.3, -0.25) is 0 Å². The van der Waals surface area contributed by atoms with Crippen molar-refractivity contribution < 1.29 is 16.8 Å². The number of hydrogen-bond acceptors (Lipinski definition) is 7. The maximum Gasteiger partial charge on any atom is 0.251 e. The average Bonchev–Trinajstić information content (AvgIpc) is 2.55. The molecule has 2 rings (SSSR count). The zero-order valence-electron chi connectivity index (χ0n) is 12.4. The Hall–Kier alpha value is -1.39. The SMILES string of the molecule is CCS(=O)(=O)c1nc(-c2ccc(Br)cc2)nc(S(=O)(=O)CC)n1. The van der Waals surface area contributed by atoms with Gasteiger partial charge in [-0.15, -0.1) is 0 Å². The molecule has 1 heterocycles. The lowest BCUT2D eigenvalue weighted by molar-refractivity contribution is 0.572. The Kier molecular flexibility index (Phi) is 5.17. The largest absolute Gasteiger partial charge is 0.251 e. The zero-order chi connectivity index (χ0) is 17.3. The van der Waals surface area contributed by atoms with Gasteiger partial charge in [0.1, 0.15) is 0 Å². The summed E-state index contributed by atoms with van der Waals surface area (Å²) in [6.07, 6.45) is 0. The molecule has 0 amide bonds. The Morgan fingerprint density at radius 3 is 1.65 bits per heavy atom. The molecule has 1 aromatic heterocycles. The van der Waals surface area contributed by atoms with Crippen LogP contribution in [0.5, 0.6) is 0 Å². The highest BCUT2D eigenvalue weighted by Crippen LogP contribution is 2.21. The summed E-state index contributed by atoms with van der Waals surface area (Å²) >= 11 is 3.29. The van der Waals surface area contributed by atoms with Gasteiger partial charge >= 0.3 is 0 Å². The molecule has 1 aromatic carbocycles. The summed E-state index contributed by atoms with van der Waals surface area (Å²) < 4.78 is 49.0. The van der Waals surface area contributed by atoms with E-state index in [4.69, 9.17) is 0 Å². The van der Waals surface area contributed by atoms with Crippen LogP contribution in [0.1, 0.15) is 13.8 Å². The van der Waals surface area contributed by atoms with Gasteiger partial charge in [0.15, 0.2) is 5.82 Å². The second-order valence-corrected chi connectivity index (χ2v) is 9.80. The summed E-state index contributed by atoms with van der Waals surface area (Å²) in [5.74, 6) is -0.461. The molecule has 0 saturated carbocycles. The molecule has 124 valence electrons. The molecule has 0 bridgehead atoms. The van der Waals surface area contributed by atoms with E-state index in [1.165, 1.54) is 13.8 Å². The van der Waals surface area contributed by atoms with E-state index in [0.717, 1.165) is 4.47 Å². The van der Waals surface area contributed by atoms with Crippen molar-refractivity contribution in [2.24, 2.45) is 0 Å². The fourth-order valence-electron chi connectivity index (χ4n) is 1.60. The molecule has 0 radical (unpaired) electrons. The van der Waals surface area contributed by atoms with E-state index in [9.17, 15) is 16.8 Å². The van der Waals surface area contributed by atoms with Crippen LogP contribution < -0.4 is 0 Å². The van der Waals surface area contributed by atoms with Gasteiger partial charge in [0.25, 0.3) is 10.3 Å². The van der Waals surface area contributed by atoms with Crippen molar-refractivity contribution in [3.05, 3.63) is 28.7 Å². The maximum absolute atomic E-state index is 12.1. The highest BCUT2D eigenvalue weighted by atomic mass is 79.9. The number of nitrogens with zero attached hydrogens (tertiary/aromatic N) is 3. The van der Waals surface area contributed by atoms with Gasteiger partial charge in [0, 0.05) is 10.0 Å². The summed E-state index contributed by atoms with van der Waals surface area (Å²) in [7, 11) is -7.53. The highest BCUT2D eigenvalue weighted by molar-refractivity contribution is 9.10. The van der Waals surface area contributed by atoms with Crippen molar-refractivity contribution in [2.45, 2.75) is 24.2 Å². The monoisotopic (exact) mass is 419 g/mol. The zero-order valence-corrected chi connectivity index (χ0v) is 15.6. The Balaban J connectivity index is 2.75. The predicted molar refractivity (Wildman–Crippen MR) is 88.4 cm³/mol. The van der Waals surface area contributed by atoms with Crippen molar-refractivity contribution in [2.75, 3.05) is 11.5 Å². The number of sulfone groups is 2. The first-order valence-electron chi connectivity index (χ1n) is 6.67. The smallest absolute Gasteiger partial charge is 0.220 e. The van der Waals surface area contributed by atoms with Crippen molar-refractivity contribution >= 4 is 35.6 Å². The molecule has 0 atom stereocenters. The summed E-state index contributed by atoms with van der Waals surface area (Å²) in [5, 5.41) is -1.06. The second kappa shape index (κ2) is 6.62. The first-order chi connectivity index (χ1) is 10.7. The van der Waals surface area contributed by atoms with Gasteiger partial charge < -0.3 is 0 Å². The lowest BCUT2D eigenvalue weighted by Crippen LogP contribution is -2.16. The Bertz CT molecular complexity index is 874. The third-order valence-electron chi connectivity index (χ3n) is 3.01. The molecule has 2 aromatic rings. The third kappa shape index (κ3) is 3.93. The van der Waals surface area contributed by atoms with E-state index in [1.54, 1.807) is 24.3 Å². The lowest BCUT2D eigenvalue weighted by Gasteiger charge is -2.07. The fraction of sp³-hybridized carbons (Fsp3) is 0.308. The molecule has 23 heavy (non-hydrogen) atoms. The van der Waals surface area contributed by atoms with E-state index in [0.29, 0.717) is 5.56 Å². The van der Waals surface area contributed by atoms with Crippen molar-refractivity contribution in [3.8, 4) is 11.4 Å². The maximum atomic E-state index is 12.1. The first-order valence-corrected chi connectivity index (χ1v) is 10.8. The van der Waals surface area contributed by atoms with Crippen LogP contribution >= 0.6 is 15.9 Å². The highest BCUT2D eigenvalue weighted by Gasteiger charge is 2.24. The van der Waals surface area contributed by atoms with E-state index in [2.05, 4.69) is 30.9 Å². The van der Waals surface area contributed by atoms with Gasteiger partial charge in [-0.2, -0.15) is 15.0 Å². The van der Waals surface area contributed by atoms with Gasteiger partial charge in [-0.25, -0.2) is 16.8 Å². The predicted octanol–water partition coefficient (Wildman–Crippen LogP) is 1.89. The molecule has 0 aliphatic rings. The van der Waals surface area contributed by atoms with Crippen LogP contribution in [0.15, 0.2) is 39.1 Å². The summed E-state index contributed by atoms with van der Waals surface area (Å²) in [4.78, 5) is 11.5. The number of rotatable bonds is 5. The number of benzene rings is 1. The number of hydrogen-bond donors (Lipinski definition) is 0. The first kappa shape index (κ1) is 18.0. The molecule has 0 saturated heterocycles. The molecule has 10 heteroatoms. The van der Waals surface area contributed by atoms with Crippen LogP contribution in [0.25, 0.3) is 11.4 Å². The van der Waals surface area contributed by atoms with E-state index >= 15 is 0 Å². The summed E-state index contributed by atoms with van der Waals surface area (Å²) in [6, 6.07) is 6.76. The van der Waals surface area contributed by atoms with Crippen molar-refractivity contribution in [1.29, 1.82) is 0 Å². The van der Waals surface area contributed by atoms with Crippen LogP contribution in [-0.2, 0) is 19.7 Å². The molecular weight excluding hydrogens is 406 g/mol. The van der Waals surface area contributed by atoms with Crippen LogP contribution in [0.4, 0.5) is 0 Å². The standard InChI is InChI=1S/C13H14BrN3O4S2/c1-3-22(18,19)12-15-11(9-5-7-10(14)8-6-9)16-13(17-12)23(20,21)4-2/h5-8H,3-4H2,1-2H3. The minimum Gasteiger partial charge on any atom is -0.220 e. The summed E-state index contributed by atoms with van der Waals surface area (Å²) in [5.41, 5.74) is 0.496. The topological polar surface area (TPSA) is 107 Å². The Morgan fingerprint density at radius 1 is 0.826 bits per heavy atom. The quantitative estimate of drug-likeness (QED) is 0.727. The molecule has 0 fully saturated rings. The van der Waals surface area contributed by atoms with Crippen LogP contribution in [0.3, 0.4) is 0 Å². The van der Waals surface area contributed by atoms with E-state index in [-0.39, 0.29) is 17.3 Å².